The topological polar surface area (TPSA) is 40.5 Å². The van der Waals surface area contributed by atoms with Crippen molar-refractivity contribution in [2.24, 2.45) is 0 Å². The lowest BCUT2D eigenvalue weighted by Crippen LogP contribution is -2.44. The van der Waals surface area contributed by atoms with Gasteiger partial charge in [-0.2, -0.15) is 0 Å². The fourth-order valence-electron chi connectivity index (χ4n) is 1.63. The van der Waals surface area contributed by atoms with Crippen molar-refractivity contribution in [1.82, 2.24) is 0 Å². The fourth-order valence-corrected chi connectivity index (χ4v) is 1.63. The molecule has 0 radical (unpaired) electrons. The smallest absolute Gasteiger partial charge is 0.0630 e. The van der Waals surface area contributed by atoms with Crippen LogP contribution in [0, 0.1) is 0 Å². The zero-order valence-electron chi connectivity index (χ0n) is 8.94. The Kier molecular flexibility index (Phi) is 3.29. The fraction of sp³-hybridized carbons (Fsp3) is 0.500. The van der Waals surface area contributed by atoms with Gasteiger partial charge in [-0.3, -0.25) is 0 Å². The number of benzene rings is 1. The summed E-state index contributed by atoms with van der Waals surface area (Å²) in [6, 6.07) is 9.61. The number of aliphatic hydroxyl groups is 2. The number of aliphatic hydroxyl groups excluding tert-OH is 2. The standard InChI is InChI=1S/C12H18O2/c1-9(13)12(3,10(2)14)11-7-5-4-6-8-11/h4-10,13-14H,1-3H3. The van der Waals surface area contributed by atoms with Crippen LogP contribution in [0.3, 0.4) is 0 Å². The van der Waals surface area contributed by atoms with E-state index in [-0.39, 0.29) is 0 Å². The van der Waals surface area contributed by atoms with Crippen LogP contribution >= 0.6 is 0 Å². The van der Waals surface area contributed by atoms with Crippen LogP contribution in [0.4, 0.5) is 0 Å². The molecular formula is C12H18O2. The first-order valence-corrected chi connectivity index (χ1v) is 4.91. The first-order valence-electron chi connectivity index (χ1n) is 4.91. The molecule has 0 spiro atoms. The Balaban J connectivity index is 3.13. The lowest BCUT2D eigenvalue weighted by atomic mass is 9.74. The maximum atomic E-state index is 9.74. The van der Waals surface area contributed by atoms with Gasteiger partial charge in [-0.25, -0.2) is 0 Å². The second-order valence-corrected chi connectivity index (χ2v) is 4.00. The van der Waals surface area contributed by atoms with Gasteiger partial charge in [-0.15, -0.1) is 0 Å². The largest absolute Gasteiger partial charge is 0.392 e. The van der Waals surface area contributed by atoms with Crippen LogP contribution in [-0.2, 0) is 5.41 Å². The van der Waals surface area contributed by atoms with Crippen molar-refractivity contribution >= 4 is 0 Å². The first-order chi connectivity index (χ1) is 6.49. The molecule has 2 atom stereocenters. The molecule has 2 unspecified atom stereocenters. The third-order valence-electron chi connectivity index (χ3n) is 3.13. The van der Waals surface area contributed by atoms with Gasteiger partial charge >= 0.3 is 0 Å². The minimum atomic E-state index is -0.596. The summed E-state index contributed by atoms with van der Waals surface area (Å²) in [5.74, 6) is 0. The van der Waals surface area contributed by atoms with Gasteiger partial charge in [0.15, 0.2) is 0 Å². The van der Waals surface area contributed by atoms with Crippen molar-refractivity contribution in [2.45, 2.75) is 38.4 Å². The maximum Gasteiger partial charge on any atom is 0.0630 e. The number of rotatable bonds is 3. The highest BCUT2D eigenvalue weighted by molar-refractivity contribution is 5.27. The summed E-state index contributed by atoms with van der Waals surface area (Å²) < 4.78 is 0. The summed E-state index contributed by atoms with van der Waals surface area (Å²) in [7, 11) is 0. The van der Waals surface area contributed by atoms with Gasteiger partial charge in [0.2, 0.25) is 0 Å². The zero-order chi connectivity index (χ0) is 10.8. The highest BCUT2D eigenvalue weighted by atomic mass is 16.3. The van der Waals surface area contributed by atoms with Gasteiger partial charge in [0, 0.05) is 5.41 Å². The van der Waals surface area contributed by atoms with Crippen LogP contribution in [0.5, 0.6) is 0 Å². The Hall–Kier alpha value is -0.860. The molecule has 1 aromatic carbocycles. The number of hydrogen-bond donors (Lipinski definition) is 2. The molecular weight excluding hydrogens is 176 g/mol. The van der Waals surface area contributed by atoms with E-state index >= 15 is 0 Å². The predicted octanol–water partition coefficient (Wildman–Crippen LogP) is 1.71. The molecule has 2 nitrogen and oxygen atoms in total. The van der Waals surface area contributed by atoms with Crippen molar-refractivity contribution in [3.8, 4) is 0 Å². The van der Waals surface area contributed by atoms with Gasteiger partial charge in [-0.05, 0) is 19.4 Å². The zero-order valence-corrected chi connectivity index (χ0v) is 8.94. The van der Waals surface area contributed by atoms with Gasteiger partial charge in [-0.1, -0.05) is 37.3 Å². The monoisotopic (exact) mass is 194 g/mol. The highest BCUT2D eigenvalue weighted by Crippen LogP contribution is 2.31. The molecule has 0 amide bonds. The Morgan fingerprint density at radius 3 is 1.79 bits per heavy atom. The predicted molar refractivity (Wildman–Crippen MR) is 57.2 cm³/mol. The Morgan fingerprint density at radius 1 is 1.00 bits per heavy atom. The molecule has 78 valence electrons. The SMILES string of the molecule is CC(O)C(C)(c1ccccc1)C(C)O. The third-order valence-corrected chi connectivity index (χ3v) is 3.13. The molecule has 2 heteroatoms. The van der Waals surface area contributed by atoms with Crippen molar-refractivity contribution in [3.63, 3.8) is 0 Å². The van der Waals surface area contributed by atoms with Crippen molar-refractivity contribution in [1.29, 1.82) is 0 Å². The van der Waals surface area contributed by atoms with Gasteiger partial charge in [0.05, 0.1) is 12.2 Å². The van der Waals surface area contributed by atoms with Crippen molar-refractivity contribution in [2.75, 3.05) is 0 Å². The van der Waals surface area contributed by atoms with E-state index in [1.807, 2.05) is 37.3 Å². The van der Waals surface area contributed by atoms with Gasteiger partial charge in [0.25, 0.3) is 0 Å². The molecule has 14 heavy (non-hydrogen) atoms. The van der Waals surface area contributed by atoms with Gasteiger partial charge in [0.1, 0.15) is 0 Å². The highest BCUT2D eigenvalue weighted by Gasteiger charge is 2.36. The van der Waals surface area contributed by atoms with E-state index in [2.05, 4.69) is 0 Å². The van der Waals surface area contributed by atoms with E-state index in [1.165, 1.54) is 0 Å². The molecule has 1 rings (SSSR count). The second kappa shape index (κ2) is 4.11. The van der Waals surface area contributed by atoms with Crippen molar-refractivity contribution in [3.05, 3.63) is 35.9 Å². The molecule has 0 fully saturated rings. The maximum absolute atomic E-state index is 9.74. The van der Waals surface area contributed by atoms with Crippen LogP contribution in [0.15, 0.2) is 30.3 Å². The second-order valence-electron chi connectivity index (χ2n) is 4.00. The van der Waals surface area contributed by atoms with E-state index in [0.29, 0.717) is 0 Å². The average molecular weight is 194 g/mol. The molecule has 0 heterocycles. The Bertz CT molecular complexity index is 270. The normalized spacial score (nSPS) is 19.8. The van der Waals surface area contributed by atoms with Crippen LogP contribution in [0.2, 0.25) is 0 Å². The minimum Gasteiger partial charge on any atom is -0.392 e. The molecule has 2 N–H and O–H groups in total. The average Bonchev–Trinajstić information content (AvgIpc) is 2.17. The van der Waals surface area contributed by atoms with E-state index < -0.39 is 17.6 Å². The van der Waals surface area contributed by atoms with E-state index in [0.717, 1.165) is 5.56 Å². The van der Waals surface area contributed by atoms with Crippen LogP contribution < -0.4 is 0 Å². The summed E-state index contributed by atoms with van der Waals surface area (Å²) in [5, 5.41) is 19.5. The molecule has 0 saturated heterocycles. The Labute approximate surface area is 85.2 Å². The summed E-state index contributed by atoms with van der Waals surface area (Å²) in [5.41, 5.74) is 0.367. The summed E-state index contributed by atoms with van der Waals surface area (Å²) in [6.45, 7) is 5.29. The molecule has 0 aliphatic heterocycles. The van der Waals surface area contributed by atoms with Gasteiger partial charge < -0.3 is 10.2 Å². The van der Waals surface area contributed by atoms with Crippen LogP contribution in [-0.4, -0.2) is 22.4 Å². The van der Waals surface area contributed by atoms with Crippen LogP contribution in [0.1, 0.15) is 26.3 Å². The van der Waals surface area contributed by atoms with E-state index in [1.54, 1.807) is 13.8 Å². The third kappa shape index (κ3) is 1.81. The first kappa shape index (κ1) is 11.2. The molecule has 0 bridgehead atoms. The number of hydrogen-bond acceptors (Lipinski definition) is 2. The van der Waals surface area contributed by atoms with E-state index in [9.17, 15) is 10.2 Å². The minimum absolute atomic E-state index is 0.579. The van der Waals surface area contributed by atoms with Crippen molar-refractivity contribution < 1.29 is 10.2 Å². The lowest BCUT2D eigenvalue weighted by molar-refractivity contribution is 0.0123. The molecule has 0 saturated carbocycles. The van der Waals surface area contributed by atoms with E-state index in [4.69, 9.17) is 0 Å². The summed E-state index contributed by atoms with van der Waals surface area (Å²) in [4.78, 5) is 0. The summed E-state index contributed by atoms with van der Waals surface area (Å²) in [6.07, 6.45) is -1.16. The molecule has 0 aliphatic carbocycles. The molecule has 0 aromatic heterocycles. The molecule has 0 aliphatic rings. The quantitative estimate of drug-likeness (QED) is 0.769. The van der Waals surface area contributed by atoms with Crippen LogP contribution in [0.25, 0.3) is 0 Å². The summed E-state index contributed by atoms with van der Waals surface area (Å²) >= 11 is 0. The molecule has 1 aromatic rings. The Morgan fingerprint density at radius 2 is 1.43 bits per heavy atom. The lowest BCUT2D eigenvalue weighted by Gasteiger charge is -2.36.